The number of ether oxygens (including phenoxy) is 1. The van der Waals surface area contributed by atoms with Gasteiger partial charge in [-0.1, -0.05) is 6.07 Å². The molecular formula is C15H17N3O3. The molecule has 0 aromatic carbocycles. The minimum absolute atomic E-state index is 0.266. The van der Waals surface area contributed by atoms with Crippen molar-refractivity contribution in [3.8, 4) is 0 Å². The summed E-state index contributed by atoms with van der Waals surface area (Å²) >= 11 is 0. The first-order valence-electron chi connectivity index (χ1n) is 6.62. The van der Waals surface area contributed by atoms with Gasteiger partial charge in [0.25, 0.3) is 5.91 Å². The van der Waals surface area contributed by atoms with Crippen molar-refractivity contribution >= 4 is 11.9 Å². The zero-order valence-electron chi connectivity index (χ0n) is 12.3. The van der Waals surface area contributed by atoms with Crippen molar-refractivity contribution in [1.82, 2.24) is 14.8 Å². The lowest BCUT2D eigenvalue weighted by molar-refractivity contribution is -0.140. The van der Waals surface area contributed by atoms with Gasteiger partial charge in [-0.3, -0.25) is 14.6 Å². The average Bonchev–Trinajstić information content (AvgIpc) is 2.79. The minimum atomic E-state index is -0.280. The Morgan fingerprint density at radius 3 is 2.67 bits per heavy atom. The van der Waals surface area contributed by atoms with E-state index in [0.29, 0.717) is 12.1 Å². The van der Waals surface area contributed by atoms with Gasteiger partial charge >= 0.3 is 5.97 Å². The topological polar surface area (TPSA) is 74.1 Å². The van der Waals surface area contributed by atoms with Crippen LogP contribution in [-0.2, 0) is 16.0 Å². The maximum atomic E-state index is 12.4. The van der Waals surface area contributed by atoms with Crippen molar-refractivity contribution in [2.45, 2.75) is 26.7 Å². The number of aryl methyl sites for hydroxylation is 1. The molecule has 6 nitrogen and oxygen atoms in total. The van der Waals surface area contributed by atoms with E-state index in [1.807, 2.05) is 13.8 Å². The number of hydrogen-bond acceptors (Lipinski definition) is 5. The minimum Gasteiger partial charge on any atom is -0.469 e. The van der Waals surface area contributed by atoms with Crippen molar-refractivity contribution < 1.29 is 14.3 Å². The first-order chi connectivity index (χ1) is 10.0. The van der Waals surface area contributed by atoms with Crippen molar-refractivity contribution in [2.24, 2.45) is 0 Å². The molecule has 21 heavy (non-hydrogen) atoms. The number of pyridine rings is 1. The SMILES string of the molecule is COC(=O)CCc1c(C)nn(C(=O)c2ccccn2)c1C. The molecule has 110 valence electrons. The molecule has 0 saturated carbocycles. The number of rotatable bonds is 4. The van der Waals surface area contributed by atoms with Crippen LogP contribution < -0.4 is 0 Å². The average molecular weight is 287 g/mol. The van der Waals surface area contributed by atoms with Crippen molar-refractivity contribution in [1.29, 1.82) is 0 Å². The van der Waals surface area contributed by atoms with Crippen LogP contribution in [0.3, 0.4) is 0 Å². The normalized spacial score (nSPS) is 10.4. The summed E-state index contributed by atoms with van der Waals surface area (Å²) in [6, 6.07) is 5.15. The second-order valence-electron chi connectivity index (χ2n) is 4.66. The van der Waals surface area contributed by atoms with Crippen LogP contribution in [0.25, 0.3) is 0 Å². The van der Waals surface area contributed by atoms with Crippen LogP contribution in [0.2, 0.25) is 0 Å². The number of methoxy groups -OCH3 is 1. The zero-order chi connectivity index (χ0) is 15.4. The summed E-state index contributed by atoms with van der Waals surface area (Å²) in [5.41, 5.74) is 2.69. The first-order valence-corrected chi connectivity index (χ1v) is 6.62. The maximum Gasteiger partial charge on any atom is 0.305 e. The van der Waals surface area contributed by atoms with E-state index in [2.05, 4.69) is 14.8 Å². The molecule has 6 heteroatoms. The highest BCUT2D eigenvalue weighted by molar-refractivity contribution is 5.94. The molecule has 0 radical (unpaired) electrons. The molecular weight excluding hydrogens is 270 g/mol. The van der Waals surface area contributed by atoms with E-state index in [4.69, 9.17) is 0 Å². The number of carbonyl (C=O) groups is 2. The third kappa shape index (κ3) is 3.16. The van der Waals surface area contributed by atoms with E-state index in [9.17, 15) is 9.59 Å². The molecule has 2 heterocycles. The molecule has 0 aliphatic heterocycles. The fourth-order valence-corrected chi connectivity index (χ4v) is 2.16. The van der Waals surface area contributed by atoms with Gasteiger partial charge in [0.15, 0.2) is 0 Å². The first kappa shape index (κ1) is 14.9. The van der Waals surface area contributed by atoms with Gasteiger partial charge in [-0.2, -0.15) is 9.78 Å². The number of esters is 1. The van der Waals surface area contributed by atoms with Gasteiger partial charge < -0.3 is 4.74 Å². The molecule has 0 aliphatic rings. The highest BCUT2D eigenvalue weighted by Crippen LogP contribution is 2.16. The Labute approximate surface area is 122 Å². The Bertz CT molecular complexity index is 662. The third-order valence-corrected chi connectivity index (χ3v) is 3.32. The molecule has 0 fully saturated rings. The number of aromatic nitrogens is 3. The van der Waals surface area contributed by atoms with Gasteiger partial charge in [-0.25, -0.2) is 0 Å². The zero-order valence-corrected chi connectivity index (χ0v) is 12.3. The van der Waals surface area contributed by atoms with Crippen molar-refractivity contribution in [3.05, 3.63) is 47.0 Å². The summed E-state index contributed by atoms with van der Waals surface area (Å²) in [5.74, 6) is -0.557. The largest absolute Gasteiger partial charge is 0.469 e. The molecule has 0 bridgehead atoms. The van der Waals surface area contributed by atoms with Gasteiger partial charge in [0.05, 0.1) is 12.8 Å². The lowest BCUT2D eigenvalue weighted by Crippen LogP contribution is -2.16. The molecule has 0 amide bonds. The van der Waals surface area contributed by atoms with Crippen LogP contribution >= 0.6 is 0 Å². The van der Waals surface area contributed by atoms with Crippen LogP contribution in [0.15, 0.2) is 24.4 Å². The van der Waals surface area contributed by atoms with Gasteiger partial charge in [-0.05, 0) is 38.0 Å². The number of nitrogens with zero attached hydrogens (tertiary/aromatic N) is 3. The van der Waals surface area contributed by atoms with Crippen molar-refractivity contribution in [3.63, 3.8) is 0 Å². The van der Waals surface area contributed by atoms with E-state index in [-0.39, 0.29) is 18.3 Å². The summed E-state index contributed by atoms with van der Waals surface area (Å²) in [6.07, 6.45) is 2.33. The molecule has 0 N–H and O–H groups in total. The predicted octanol–water partition coefficient (Wildman–Crippen LogP) is 1.69. The Balaban J connectivity index is 2.26. The second-order valence-corrected chi connectivity index (χ2v) is 4.66. The number of carbonyl (C=O) groups excluding carboxylic acids is 2. The molecule has 0 spiro atoms. The van der Waals surface area contributed by atoms with E-state index in [1.54, 1.807) is 24.4 Å². The molecule has 0 unspecified atom stereocenters. The van der Waals surface area contributed by atoms with Gasteiger partial charge in [0.2, 0.25) is 0 Å². The molecule has 0 atom stereocenters. The Morgan fingerprint density at radius 1 is 1.29 bits per heavy atom. The summed E-state index contributed by atoms with van der Waals surface area (Å²) in [5, 5.41) is 4.27. The Morgan fingerprint density at radius 2 is 2.05 bits per heavy atom. The van der Waals surface area contributed by atoms with E-state index < -0.39 is 0 Å². The van der Waals surface area contributed by atoms with Gasteiger partial charge in [0, 0.05) is 18.3 Å². The summed E-state index contributed by atoms with van der Waals surface area (Å²) < 4.78 is 5.97. The monoisotopic (exact) mass is 287 g/mol. The number of hydrogen-bond donors (Lipinski definition) is 0. The lowest BCUT2D eigenvalue weighted by atomic mass is 10.1. The van der Waals surface area contributed by atoms with Crippen LogP contribution in [0, 0.1) is 13.8 Å². The standard InChI is InChI=1S/C15H17N3O3/c1-10-12(7-8-14(19)21-3)11(2)18(17-10)15(20)13-6-4-5-9-16-13/h4-6,9H,7-8H2,1-3H3. The third-order valence-electron chi connectivity index (χ3n) is 3.32. The Kier molecular flexibility index (Phi) is 4.47. The van der Waals surface area contributed by atoms with E-state index >= 15 is 0 Å². The van der Waals surface area contributed by atoms with Crippen LogP contribution in [0.4, 0.5) is 0 Å². The summed E-state index contributed by atoms with van der Waals surface area (Å²) in [7, 11) is 1.36. The van der Waals surface area contributed by atoms with Gasteiger partial charge in [0.1, 0.15) is 5.69 Å². The summed E-state index contributed by atoms with van der Waals surface area (Å²) in [4.78, 5) is 27.7. The predicted molar refractivity (Wildman–Crippen MR) is 76.0 cm³/mol. The van der Waals surface area contributed by atoms with Crippen LogP contribution in [0.1, 0.15) is 33.9 Å². The molecule has 2 rings (SSSR count). The molecule has 2 aromatic heterocycles. The highest BCUT2D eigenvalue weighted by atomic mass is 16.5. The van der Waals surface area contributed by atoms with E-state index in [1.165, 1.54) is 11.8 Å². The fraction of sp³-hybridized carbons (Fsp3) is 0.333. The van der Waals surface area contributed by atoms with Crippen molar-refractivity contribution in [2.75, 3.05) is 7.11 Å². The molecule has 0 aliphatic carbocycles. The quantitative estimate of drug-likeness (QED) is 0.800. The van der Waals surface area contributed by atoms with Crippen LogP contribution in [0.5, 0.6) is 0 Å². The molecule has 0 saturated heterocycles. The Hall–Kier alpha value is -2.50. The highest BCUT2D eigenvalue weighted by Gasteiger charge is 2.19. The lowest BCUT2D eigenvalue weighted by Gasteiger charge is -2.03. The summed E-state index contributed by atoms with van der Waals surface area (Å²) in [6.45, 7) is 3.63. The molecule has 2 aromatic rings. The fourth-order valence-electron chi connectivity index (χ4n) is 2.16. The maximum absolute atomic E-state index is 12.4. The second kappa shape index (κ2) is 6.30. The smallest absolute Gasteiger partial charge is 0.305 e. The van der Waals surface area contributed by atoms with Crippen LogP contribution in [-0.4, -0.2) is 33.8 Å². The van der Waals surface area contributed by atoms with E-state index in [0.717, 1.165) is 17.0 Å². The van der Waals surface area contributed by atoms with Gasteiger partial charge in [-0.15, -0.1) is 0 Å².